The van der Waals surface area contributed by atoms with Crippen molar-refractivity contribution >= 4 is 11.8 Å². The molecule has 4 heteroatoms. The van der Waals surface area contributed by atoms with Crippen LogP contribution in [0.15, 0.2) is 0 Å². The maximum atomic E-state index is 10.4. The average molecular weight is 247 g/mol. The van der Waals surface area contributed by atoms with Gasteiger partial charge in [-0.15, -0.1) is 0 Å². The van der Waals surface area contributed by atoms with Gasteiger partial charge in [0.15, 0.2) is 0 Å². The molecule has 0 aliphatic heterocycles. The zero-order valence-electron chi connectivity index (χ0n) is 10.7. The summed E-state index contributed by atoms with van der Waals surface area (Å²) < 4.78 is 5.04. The molecule has 0 spiro atoms. The lowest BCUT2D eigenvalue weighted by molar-refractivity contribution is -0.0254. The highest BCUT2D eigenvalue weighted by Crippen LogP contribution is 2.40. The Morgan fingerprint density at radius 3 is 2.88 bits per heavy atom. The van der Waals surface area contributed by atoms with Gasteiger partial charge < -0.3 is 15.2 Å². The normalized spacial score (nSPS) is 31.1. The SMILES string of the molecule is CCSC1CCC1(O)CNC(C)CCOC. The first kappa shape index (κ1) is 14.3. The summed E-state index contributed by atoms with van der Waals surface area (Å²) >= 11 is 1.88. The number of aliphatic hydroxyl groups is 1. The van der Waals surface area contributed by atoms with Crippen LogP contribution in [0, 0.1) is 0 Å². The van der Waals surface area contributed by atoms with Crippen molar-refractivity contribution in [3.05, 3.63) is 0 Å². The van der Waals surface area contributed by atoms with Crippen LogP contribution in [0.5, 0.6) is 0 Å². The second kappa shape index (κ2) is 6.84. The van der Waals surface area contributed by atoms with Crippen molar-refractivity contribution in [3.8, 4) is 0 Å². The highest BCUT2D eigenvalue weighted by molar-refractivity contribution is 8.00. The van der Waals surface area contributed by atoms with E-state index >= 15 is 0 Å². The van der Waals surface area contributed by atoms with Crippen LogP contribution >= 0.6 is 11.8 Å². The van der Waals surface area contributed by atoms with E-state index < -0.39 is 5.60 Å². The zero-order valence-corrected chi connectivity index (χ0v) is 11.5. The molecular formula is C12H25NO2S. The van der Waals surface area contributed by atoms with Gasteiger partial charge in [-0.25, -0.2) is 0 Å². The van der Waals surface area contributed by atoms with Crippen LogP contribution < -0.4 is 5.32 Å². The summed E-state index contributed by atoms with van der Waals surface area (Å²) in [4.78, 5) is 0. The van der Waals surface area contributed by atoms with Gasteiger partial charge in [-0.2, -0.15) is 11.8 Å². The highest BCUT2D eigenvalue weighted by atomic mass is 32.2. The molecule has 1 saturated carbocycles. The Balaban J connectivity index is 2.20. The second-order valence-corrected chi connectivity index (χ2v) is 6.13. The standard InChI is InChI=1S/C12H25NO2S/c1-4-16-11-5-7-12(11,14)9-13-10(2)6-8-15-3/h10-11,13-14H,4-9H2,1-3H3. The van der Waals surface area contributed by atoms with Crippen LogP contribution in [0.3, 0.4) is 0 Å². The molecule has 0 heterocycles. The van der Waals surface area contributed by atoms with Crippen molar-refractivity contribution < 1.29 is 9.84 Å². The average Bonchev–Trinajstić information content (AvgIpc) is 2.28. The first-order chi connectivity index (χ1) is 7.62. The summed E-state index contributed by atoms with van der Waals surface area (Å²) in [7, 11) is 1.72. The van der Waals surface area contributed by atoms with Gasteiger partial charge >= 0.3 is 0 Å². The van der Waals surface area contributed by atoms with Gasteiger partial charge in [-0.1, -0.05) is 6.92 Å². The van der Waals surface area contributed by atoms with Crippen LogP contribution in [-0.4, -0.2) is 48.0 Å². The summed E-state index contributed by atoms with van der Waals surface area (Å²) in [6.45, 7) is 5.79. The van der Waals surface area contributed by atoms with Gasteiger partial charge in [0.2, 0.25) is 0 Å². The third-order valence-electron chi connectivity index (χ3n) is 3.32. The van der Waals surface area contributed by atoms with Gasteiger partial charge in [0.25, 0.3) is 0 Å². The molecule has 1 fully saturated rings. The van der Waals surface area contributed by atoms with Crippen LogP contribution in [0.2, 0.25) is 0 Å². The molecule has 1 aliphatic rings. The van der Waals surface area contributed by atoms with E-state index in [1.54, 1.807) is 7.11 Å². The molecule has 3 atom stereocenters. The fourth-order valence-corrected chi connectivity index (χ4v) is 3.18. The van der Waals surface area contributed by atoms with Gasteiger partial charge in [0.05, 0.1) is 5.60 Å². The van der Waals surface area contributed by atoms with Crippen molar-refractivity contribution in [3.63, 3.8) is 0 Å². The van der Waals surface area contributed by atoms with Crippen molar-refractivity contribution in [2.24, 2.45) is 0 Å². The fraction of sp³-hybridized carbons (Fsp3) is 1.00. The third kappa shape index (κ3) is 3.91. The lowest BCUT2D eigenvalue weighted by Crippen LogP contribution is -2.57. The maximum Gasteiger partial charge on any atom is 0.0889 e. The Kier molecular flexibility index (Phi) is 6.11. The van der Waals surface area contributed by atoms with E-state index in [2.05, 4.69) is 19.2 Å². The molecule has 2 N–H and O–H groups in total. The summed E-state index contributed by atoms with van der Waals surface area (Å²) in [5.41, 5.74) is -0.470. The van der Waals surface area contributed by atoms with Crippen LogP contribution in [0.1, 0.15) is 33.1 Å². The van der Waals surface area contributed by atoms with Gasteiger partial charge in [-0.05, 0) is 31.9 Å². The third-order valence-corrected chi connectivity index (χ3v) is 4.73. The van der Waals surface area contributed by atoms with Crippen LogP contribution in [0.4, 0.5) is 0 Å². The van der Waals surface area contributed by atoms with E-state index in [-0.39, 0.29) is 0 Å². The topological polar surface area (TPSA) is 41.5 Å². The van der Waals surface area contributed by atoms with Crippen molar-refractivity contribution in [2.75, 3.05) is 26.0 Å². The summed E-state index contributed by atoms with van der Waals surface area (Å²) in [5, 5.41) is 14.2. The maximum absolute atomic E-state index is 10.4. The van der Waals surface area contributed by atoms with Crippen molar-refractivity contribution in [1.82, 2.24) is 5.32 Å². The van der Waals surface area contributed by atoms with E-state index in [9.17, 15) is 5.11 Å². The van der Waals surface area contributed by atoms with E-state index in [0.29, 0.717) is 11.3 Å². The Morgan fingerprint density at radius 1 is 1.62 bits per heavy atom. The molecule has 1 aliphatic carbocycles. The summed E-state index contributed by atoms with van der Waals surface area (Å²) in [5.74, 6) is 1.09. The molecule has 1 rings (SSSR count). The molecule has 16 heavy (non-hydrogen) atoms. The molecule has 3 nitrogen and oxygen atoms in total. The smallest absolute Gasteiger partial charge is 0.0889 e. The van der Waals surface area contributed by atoms with Crippen molar-refractivity contribution in [1.29, 1.82) is 0 Å². The molecule has 0 amide bonds. The monoisotopic (exact) mass is 247 g/mol. The first-order valence-corrected chi connectivity index (χ1v) is 7.23. The predicted molar refractivity (Wildman–Crippen MR) is 70.1 cm³/mol. The van der Waals surface area contributed by atoms with E-state index in [0.717, 1.165) is 38.2 Å². The number of methoxy groups -OCH3 is 1. The largest absolute Gasteiger partial charge is 0.387 e. The zero-order chi connectivity index (χ0) is 12.0. The molecule has 96 valence electrons. The molecular weight excluding hydrogens is 222 g/mol. The first-order valence-electron chi connectivity index (χ1n) is 6.18. The molecule has 0 saturated heterocycles. The van der Waals surface area contributed by atoms with Gasteiger partial charge in [0.1, 0.15) is 0 Å². The Labute approximate surface area is 103 Å². The van der Waals surface area contributed by atoms with Gasteiger partial charge in [0, 0.05) is 31.6 Å². The second-order valence-electron chi connectivity index (χ2n) is 4.65. The number of thioether (sulfide) groups is 1. The predicted octanol–water partition coefficient (Wildman–Crippen LogP) is 1.65. The lowest BCUT2D eigenvalue weighted by atomic mass is 9.79. The van der Waals surface area contributed by atoms with E-state index in [1.807, 2.05) is 11.8 Å². The molecule has 0 bridgehead atoms. The van der Waals surface area contributed by atoms with Crippen molar-refractivity contribution in [2.45, 2.75) is 50.0 Å². The molecule has 0 aromatic carbocycles. The highest BCUT2D eigenvalue weighted by Gasteiger charge is 2.44. The minimum Gasteiger partial charge on any atom is -0.387 e. The quantitative estimate of drug-likeness (QED) is 0.684. The van der Waals surface area contributed by atoms with Crippen LogP contribution in [-0.2, 0) is 4.74 Å². The number of hydrogen-bond donors (Lipinski definition) is 2. The Bertz CT molecular complexity index is 203. The minimum absolute atomic E-state index is 0.414. The number of ether oxygens (including phenoxy) is 1. The molecule has 3 unspecified atom stereocenters. The Morgan fingerprint density at radius 2 is 2.38 bits per heavy atom. The lowest BCUT2D eigenvalue weighted by Gasteiger charge is -2.45. The van der Waals surface area contributed by atoms with E-state index in [1.165, 1.54) is 0 Å². The van der Waals surface area contributed by atoms with E-state index in [4.69, 9.17) is 4.74 Å². The van der Waals surface area contributed by atoms with Crippen LogP contribution in [0.25, 0.3) is 0 Å². The minimum atomic E-state index is -0.470. The number of rotatable bonds is 8. The molecule has 0 aromatic rings. The fourth-order valence-electron chi connectivity index (χ4n) is 1.98. The Hall–Kier alpha value is 0.230. The summed E-state index contributed by atoms with van der Waals surface area (Å²) in [6.07, 6.45) is 3.09. The van der Waals surface area contributed by atoms with Gasteiger partial charge in [-0.3, -0.25) is 0 Å². The number of nitrogens with one attached hydrogen (secondary N) is 1. The molecule has 0 aromatic heterocycles. The molecule has 0 radical (unpaired) electrons. The number of hydrogen-bond acceptors (Lipinski definition) is 4. The summed E-state index contributed by atoms with van der Waals surface area (Å²) in [6, 6.07) is 0.414.